The second-order valence-corrected chi connectivity index (χ2v) is 5.20. The standard InChI is InChI=1S/C14H20FNO/c1-16(13-6-4-12(15)5-7-13)10-14(11-17)8-2-3-9-14/h4-7,17H,2-3,8-11H2,1H3. The molecule has 0 unspecified atom stereocenters. The van der Waals surface area contributed by atoms with E-state index in [1.54, 1.807) is 12.1 Å². The lowest BCUT2D eigenvalue weighted by Gasteiger charge is -2.33. The first-order valence-electron chi connectivity index (χ1n) is 6.23. The largest absolute Gasteiger partial charge is 0.396 e. The molecule has 3 heteroatoms. The molecule has 0 amide bonds. The van der Waals surface area contributed by atoms with E-state index in [0.717, 1.165) is 25.1 Å². The number of hydrogen-bond acceptors (Lipinski definition) is 2. The first-order valence-corrected chi connectivity index (χ1v) is 6.23. The van der Waals surface area contributed by atoms with Gasteiger partial charge in [-0.15, -0.1) is 0 Å². The molecule has 94 valence electrons. The Morgan fingerprint density at radius 2 is 1.82 bits per heavy atom. The van der Waals surface area contributed by atoms with E-state index in [-0.39, 0.29) is 17.8 Å². The van der Waals surface area contributed by atoms with E-state index in [4.69, 9.17) is 0 Å². The lowest BCUT2D eigenvalue weighted by atomic mass is 9.86. The molecule has 0 heterocycles. The van der Waals surface area contributed by atoms with Gasteiger partial charge in [0.25, 0.3) is 0 Å². The van der Waals surface area contributed by atoms with Crippen molar-refractivity contribution in [3.63, 3.8) is 0 Å². The van der Waals surface area contributed by atoms with Crippen LogP contribution in [0.1, 0.15) is 25.7 Å². The maximum atomic E-state index is 12.8. The summed E-state index contributed by atoms with van der Waals surface area (Å²) >= 11 is 0. The normalized spacial score (nSPS) is 18.3. The number of benzene rings is 1. The molecule has 1 fully saturated rings. The summed E-state index contributed by atoms with van der Waals surface area (Å²) in [6.45, 7) is 1.09. The topological polar surface area (TPSA) is 23.5 Å². The molecule has 0 aromatic heterocycles. The number of aliphatic hydroxyl groups is 1. The van der Waals surface area contributed by atoms with Crippen LogP contribution < -0.4 is 4.90 Å². The van der Waals surface area contributed by atoms with Gasteiger partial charge in [0.15, 0.2) is 0 Å². The van der Waals surface area contributed by atoms with Crippen LogP contribution in [0.3, 0.4) is 0 Å². The molecule has 0 spiro atoms. The van der Waals surface area contributed by atoms with E-state index < -0.39 is 0 Å². The summed E-state index contributed by atoms with van der Waals surface area (Å²) < 4.78 is 12.8. The van der Waals surface area contributed by atoms with Crippen molar-refractivity contribution >= 4 is 5.69 Å². The van der Waals surface area contributed by atoms with Crippen molar-refractivity contribution < 1.29 is 9.50 Å². The van der Waals surface area contributed by atoms with Crippen LogP contribution in [0, 0.1) is 11.2 Å². The Morgan fingerprint density at radius 1 is 1.24 bits per heavy atom. The summed E-state index contributed by atoms with van der Waals surface area (Å²) in [5.41, 5.74) is 1.05. The molecule has 1 aliphatic rings. The predicted octanol–water partition coefficient (Wildman–Crippen LogP) is 2.81. The fourth-order valence-corrected chi connectivity index (χ4v) is 2.78. The molecule has 1 aromatic rings. The summed E-state index contributed by atoms with van der Waals surface area (Å²) in [6, 6.07) is 6.53. The number of aliphatic hydroxyl groups excluding tert-OH is 1. The van der Waals surface area contributed by atoms with Crippen molar-refractivity contribution in [1.82, 2.24) is 0 Å². The predicted molar refractivity (Wildman–Crippen MR) is 67.7 cm³/mol. The van der Waals surface area contributed by atoms with Crippen LogP contribution in [0.15, 0.2) is 24.3 Å². The van der Waals surface area contributed by atoms with Gasteiger partial charge in [0.2, 0.25) is 0 Å². The Morgan fingerprint density at radius 3 is 2.35 bits per heavy atom. The van der Waals surface area contributed by atoms with Crippen molar-refractivity contribution in [3.8, 4) is 0 Å². The van der Waals surface area contributed by atoms with Gasteiger partial charge >= 0.3 is 0 Å². The molecule has 0 radical (unpaired) electrons. The van der Waals surface area contributed by atoms with Gasteiger partial charge in [0, 0.05) is 24.7 Å². The smallest absolute Gasteiger partial charge is 0.123 e. The molecule has 1 aliphatic carbocycles. The first-order chi connectivity index (χ1) is 8.15. The Kier molecular flexibility index (Phi) is 3.67. The van der Waals surface area contributed by atoms with Crippen LogP contribution in [0.25, 0.3) is 0 Å². The number of rotatable bonds is 4. The number of halogens is 1. The maximum Gasteiger partial charge on any atom is 0.123 e. The zero-order valence-electron chi connectivity index (χ0n) is 10.3. The molecule has 2 nitrogen and oxygen atoms in total. The molecule has 1 aromatic carbocycles. The minimum absolute atomic E-state index is 0.0448. The SMILES string of the molecule is CN(CC1(CO)CCCC1)c1ccc(F)cc1. The monoisotopic (exact) mass is 237 g/mol. The van der Waals surface area contributed by atoms with Crippen molar-refractivity contribution in [2.75, 3.05) is 25.1 Å². The third kappa shape index (κ3) is 2.78. The number of anilines is 1. The summed E-state index contributed by atoms with van der Waals surface area (Å²) in [7, 11) is 2.00. The van der Waals surface area contributed by atoms with E-state index in [1.807, 2.05) is 7.05 Å². The van der Waals surface area contributed by atoms with Crippen molar-refractivity contribution in [2.45, 2.75) is 25.7 Å². The van der Waals surface area contributed by atoms with Crippen molar-refractivity contribution in [3.05, 3.63) is 30.1 Å². The molecule has 0 aliphatic heterocycles. The van der Waals surface area contributed by atoms with E-state index in [9.17, 15) is 9.50 Å². The Labute approximate surface area is 102 Å². The van der Waals surface area contributed by atoms with Gasteiger partial charge in [-0.2, -0.15) is 0 Å². The molecule has 1 N–H and O–H groups in total. The lowest BCUT2D eigenvalue weighted by molar-refractivity contribution is 0.137. The molecular weight excluding hydrogens is 217 g/mol. The van der Waals surface area contributed by atoms with E-state index in [1.165, 1.54) is 25.0 Å². The maximum absolute atomic E-state index is 12.8. The molecule has 17 heavy (non-hydrogen) atoms. The minimum Gasteiger partial charge on any atom is -0.396 e. The Hall–Kier alpha value is -1.09. The Bertz CT molecular complexity index is 357. The van der Waals surface area contributed by atoms with Crippen molar-refractivity contribution in [1.29, 1.82) is 0 Å². The van der Waals surface area contributed by atoms with Crippen LogP contribution in [0.4, 0.5) is 10.1 Å². The fraction of sp³-hybridized carbons (Fsp3) is 0.571. The van der Waals surface area contributed by atoms with E-state index >= 15 is 0 Å². The van der Waals surface area contributed by atoms with Gasteiger partial charge in [-0.3, -0.25) is 0 Å². The highest BCUT2D eigenvalue weighted by atomic mass is 19.1. The van der Waals surface area contributed by atoms with E-state index in [0.29, 0.717) is 0 Å². The fourth-order valence-electron chi connectivity index (χ4n) is 2.78. The summed E-state index contributed by atoms with van der Waals surface area (Å²) in [5, 5.41) is 9.57. The van der Waals surface area contributed by atoms with Crippen molar-refractivity contribution in [2.24, 2.45) is 5.41 Å². The molecular formula is C14H20FNO. The van der Waals surface area contributed by atoms with Crippen LogP contribution >= 0.6 is 0 Å². The average Bonchev–Trinajstić information content (AvgIpc) is 2.79. The third-order valence-corrected chi connectivity index (χ3v) is 3.84. The van der Waals surface area contributed by atoms with E-state index in [2.05, 4.69) is 4.90 Å². The van der Waals surface area contributed by atoms with Crippen LogP contribution in [0.5, 0.6) is 0 Å². The van der Waals surface area contributed by atoms with Crippen LogP contribution in [0.2, 0.25) is 0 Å². The second-order valence-electron chi connectivity index (χ2n) is 5.20. The lowest BCUT2D eigenvalue weighted by Crippen LogP contribution is -2.36. The molecule has 0 saturated heterocycles. The zero-order valence-corrected chi connectivity index (χ0v) is 10.3. The average molecular weight is 237 g/mol. The summed E-state index contributed by atoms with van der Waals surface area (Å²) in [6.07, 6.45) is 4.60. The molecule has 0 atom stereocenters. The van der Waals surface area contributed by atoms with Gasteiger partial charge in [0.05, 0.1) is 6.61 Å². The third-order valence-electron chi connectivity index (χ3n) is 3.84. The van der Waals surface area contributed by atoms with Gasteiger partial charge in [-0.25, -0.2) is 4.39 Å². The highest BCUT2D eigenvalue weighted by Crippen LogP contribution is 2.38. The van der Waals surface area contributed by atoms with Gasteiger partial charge in [-0.05, 0) is 37.1 Å². The second kappa shape index (κ2) is 5.05. The zero-order chi connectivity index (χ0) is 12.3. The highest BCUT2D eigenvalue weighted by molar-refractivity contribution is 5.45. The summed E-state index contributed by atoms with van der Waals surface area (Å²) in [5.74, 6) is -0.208. The molecule has 1 saturated carbocycles. The Balaban J connectivity index is 2.05. The summed E-state index contributed by atoms with van der Waals surface area (Å²) in [4.78, 5) is 2.11. The van der Waals surface area contributed by atoms with Gasteiger partial charge in [0.1, 0.15) is 5.82 Å². The minimum atomic E-state index is -0.208. The number of hydrogen-bond donors (Lipinski definition) is 1. The van der Waals surface area contributed by atoms with Crippen LogP contribution in [-0.4, -0.2) is 25.3 Å². The number of nitrogens with zero attached hydrogens (tertiary/aromatic N) is 1. The molecule has 2 rings (SSSR count). The first kappa shape index (κ1) is 12.4. The molecule has 0 bridgehead atoms. The van der Waals surface area contributed by atoms with Crippen LogP contribution in [-0.2, 0) is 0 Å². The quantitative estimate of drug-likeness (QED) is 0.870. The highest BCUT2D eigenvalue weighted by Gasteiger charge is 2.34. The van der Waals surface area contributed by atoms with Gasteiger partial charge < -0.3 is 10.0 Å². The van der Waals surface area contributed by atoms with Gasteiger partial charge in [-0.1, -0.05) is 12.8 Å².